The molecule has 0 bridgehead atoms. The minimum atomic E-state index is -0.921. The van der Waals surface area contributed by atoms with Crippen LogP contribution in [0.2, 0.25) is 0 Å². The maximum absolute atomic E-state index is 13.9. The van der Waals surface area contributed by atoms with Gasteiger partial charge in [0, 0.05) is 0 Å². The van der Waals surface area contributed by atoms with Gasteiger partial charge in [0.1, 0.15) is 5.92 Å². The van der Waals surface area contributed by atoms with Crippen molar-refractivity contribution in [1.29, 1.82) is 0 Å². The Morgan fingerprint density at radius 1 is 0.811 bits per heavy atom. The third-order valence-electron chi connectivity index (χ3n) is 6.80. The number of benzene rings is 3. The van der Waals surface area contributed by atoms with Crippen molar-refractivity contribution in [2.24, 2.45) is 5.92 Å². The van der Waals surface area contributed by atoms with E-state index in [0.29, 0.717) is 30.4 Å². The second kappa shape index (κ2) is 10.6. The number of aryl methyl sites for hydroxylation is 1. The topological polar surface area (TPSA) is 68.3 Å². The fraction of sp³-hybridized carbons (Fsp3) is 0.333. The first kappa shape index (κ1) is 24.8. The van der Waals surface area contributed by atoms with Gasteiger partial charge in [0.15, 0.2) is 17.6 Å². The number of anilines is 2. The van der Waals surface area contributed by atoms with Crippen molar-refractivity contribution in [2.75, 3.05) is 23.2 Å². The zero-order chi connectivity index (χ0) is 25.9. The molecule has 0 unspecified atom stereocenters. The molecule has 0 aromatic heterocycles. The number of hydrogen-bond donors (Lipinski definition) is 0. The van der Waals surface area contributed by atoms with Gasteiger partial charge in [-0.3, -0.25) is 14.4 Å². The van der Waals surface area contributed by atoms with E-state index >= 15 is 0 Å². The fourth-order valence-corrected chi connectivity index (χ4v) is 5.00. The van der Waals surface area contributed by atoms with Crippen LogP contribution < -0.4 is 19.4 Å². The Bertz CT molecular complexity index is 1260. The Kier molecular flexibility index (Phi) is 7.15. The first-order valence-electron chi connectivity index (χ1n) is 12.9. The number of rotatable bonds is 9. The minimum absolute atomic E-state index is 0.271. The Hall–Kier alpha value is -3.84. The van der Waals surface area contributed by atoms with E-state index in [-0.39, 0.29) is 11.8 Å². The van der Waals surface area contributed by atoms with Crippen molar-refractivity contribution in [3.8, 4) is 11.5 Å². The van der Waals surface area contributed by atoms with E-state index in [1.807, 2.05) is 86.6 Å². The first-order chi connectivity index (χ1) is 18.1. The molecule has 2 aliphatic heterocycles. The van der Waals surface area contributed by atoms with E-state index in [2.05, 4.69) is 6.92 Å². The Morgan fingerprint density at radius 2 is 1.57 bits per heavy atom. The van der Waals surface area contributed by atoms with Gasteiger partial charge >= 0.3 is 0 Å². The number of para-hydroxylation sites is 1. The standard InChI is InChI=1S/C30H32N2O5/c1-4-18-36-24-17-14-21(19-25(24)35-6-3)27-26-28(37-32(27)23-10-8-7-9-11-23)30(34)31(29(26)33)22-15-12-20(5-2)13-16-22/h7-17,19,26-28H,4-6,18H2,1-3H3/t26-,27+,28+/m0/s1. The molecule has 3 aromatic carbocycles. The average Bonchev–Trinajstić information content (AvgIpc) is 3.44. The van der Waals surface area contributed by atoms with Crippen LogP contribution >= 0.6 is 0 Å². The third-order valence-corrected chi connectivity index (χ3v) is 6.80. The molecule has 0 aliphatic carbocycles. The molecule has 3 atom stereocenters. The number of imide groups is 1. The molecule has 7 nitrogen and oxygen atoms in total. The van der Waals surface area contributed by atoms with Crippen LogP contribution in [-0.2, 0) is 20.8 Å². The number of hydrogen-bond acceptors (Lipinski definition) is 6. The number of carbonyl (C=O) groups excluding carboxylic acids is 2. The maximum Gasteiger partial charge on any atom is 0.266 e. The molecule has 2 aliphatic rings. The molecule has 3 aromatic rings. The van der Waals surface area contributed by atoms with E-state index in [1.54, 1.807) is 5.06 Å². The van der Waals surface area contributed by atoms with Gasteiger partial charge in [0.05, 0.1) is 30.6 Å². The summed E-state index contributed by atoms with van der Waals surface area (Å²) in [5, 5.41) is 1.69. The molecule has 2 amide bonds. The van der Waals surface area contributed by atoms with Crippen LogP contribution in [0.15, 0.2) is 72.8 Å². The summed E-state index contributed by atoms with van der Waals surface area (Å²) in [5.41, 5.74) is 3.29. The fourth-order valence-electron chi connectivity index (χ4n) is 5.00. The Balaban J connectivity index is 1.56. The highest BCUT2D eigenvalue weighted by Gasteiger charge is 2.60. The highest BCUT2D eigenvalue weighted by atomic mass is 16.7. The number of amides is 2. The summed E-state index contributed by atoms with van der Waals surface area (Å²) in [6.45, 7) is 7.08. The molecular formula is C30H32N2O5. The van der Waals surface area contributed by atoms with E-state index in [0.717, 1.165) is 29.7 Å². The van der Waals surface area contributed by atoms with Gasteiger partial charge in [-0.25, -0.2) is 9.96 Å². The zero-order valence-corrected chi connectivity index (χ0v) is 21.4. The minimum Gasteiger partial charge on any atom is -0.490 e. The van der Waals surface area contributed by atoms with Crippen LogP contribution in [0, 0.1) is 5.92 Å². The van der Waals surface area contributed by atoms with E-state index < -0.39 is 18.1 Å². The Labute approximate surface area is 217 Å². The quantitative estimate of drug-likeness (QED) is 0.362. The van der Waals surface area contributed by atoms with Crippen molar-refractivity contribution in [1.82, 2.24) is 0 Å². The lowest BCUT2D eigenvalue weighted by Gasteiger charge is -2.29. The summed E-state index contributed by atoms with van der Waals surface area (Å²) < 4.78 is 11.8. The molecule has 2 saturated heterocycles. The molecule has 2 heterocycles. The van der Waals surface area contributed by atoms with Crippen molar-refractivity contribution in [2.45, 2.75) is 45.8 Å². The van der Waals surface area contributed by atoms with Gasteiger partial charge in [-0.1, -0.05) is 50.2 Å². The third kappa shape index (κ3) is 4.55. The van der Waals surface area contributed by atoms with Crippen molar-refractivity contribution in [3.63, 3.8) is 0 Å². The van der Waals surface area contributed by atoms with Crippen LogP contribution in [0.25, 0.3) is 0 Å². The van der Waals surface area contributed by atoms with Crippen LogP contribution in [0.4, 0.5) is 11.4 Å². The molecule has 0 N–H and O–H groups in total. The van der Waals surface area contributed by atoms with Crippen molar-refractivity contribution >= 4 is 23.2 Å². The van der Waals surface area contributed by atoms with Gasteiger partial charge in [0.2, 0.25) is 5.91 Å². The average molecular weight is 501 g/mol. The highest BCUT2D eigenvalue weighted by Crippen LogP contribution is 2.48. The van der Waals surface area contributed by atoms with Crippen LogP contribution in [0.1, 0.15) is 44.4 Å². The van der Waals surface area contributed by atoms with Crippen molar-refractivity contribution < 1.29 is 23.9 Å². The molecule has 2 fully saturated rings. The second-order valence-electron chi connectivity index (χ2n) is 9.18. The molecule has 7 heteroatoms. The number of nitrogens with zero attached hydrogens (tertiary/aromatic N) is 2. The predicted molar refractivity (Wildman–Crippen MR) is 142 cm³/mol. The van der Waals surface area contributed by atoms with E-state index in [1.165, 1.54) is 4.90 Å². The first-order valence-corrected chi connectivity index (χ1v) is 12.9. The van der Waals surface area contributed by atoms with Gasteiger partial charge in [-0.2, -0.15) is 0 Å². The summed E-state index contributed by atoms with van der Waals surface area (Å²) >= 11 is 0. The lowest BCUT2D eigenvalue weighted by atomic mass is 9.90. The van der Waals surface area contributed by atoms with Gasteiger partial charge in [0.25, 0.3) is 5.91 Å². The Morgan fingerprint density at radius 3 is 2.24 bits per heavy atom. The summed E-state index contributed by atoms with van der Waals surface area (Å²) in [5.74, 6) is -0.0765. The molecule has 5 rings (SSSR count). The number of hydroxylamine groups is 1. The van der Waals surface area contributed by atoms with E-state index in [4.69, 9.17) is 14.3 Å². The summed E-state index contributed by atoms with van der Waals surface area (Å²) in [6.07, 6.45) is 0.835. The van der Waals surface area contributed by atoms with Crippen LogP contribution in [0.3, 0.4) is 0 Å². The molecule has 0 saturated carbocycles. The predicted octanol–water partition coefficient (Wildman–Crippen LogP) is 5.49. The monoisotopic (exact) mass is 500 g/mol. The molecule has 37 heavy (non-hydrogen) atoms. The SMILES string of the molecule is CCCOc1ccc([C@@H]2[C@@H]3C(=O)N(c4ccc(CC)cc4)C(=O)[C@@H]3ON2c2ccccc2)cc1OCC. The van der Waals surface area contributed by atoms with Crippen LogP contribution in [-0.4, -0.2) is 31.1 Å². The van der Waals surface area contributed by atoms with Crippen LogP contribution in [0.5, 0.6) is 11.5 Å². The number of ether oxygens (including phenoxy) is 2. The highest BCUT2D eigenvalue weighted by molar-refractivity contribution is 6.23. The lowest BCUT2D eigenvalue weighted by molar-refractivity contribution is -0.126. The summed E-state index contributed by atoms with van der Waals surface area (Å²) in [7, 11) is 0. The van der Waals surface area contributed by atoms with E-state index in [9.17, 15) is 9.59 Å². The van der Waals surface area contributed by atoms with Gasteiger partial charge < -0.3 is 9.47 Å². The molecule has 192 valence electrons. The summed E-state index contributed by atoms with van der Waals surface area (Å²) in [6, 6.07) is 22.3. The number of carbonyl (C=O) groups is 2. The normalized spacial score (nSPS) is 20.9. The molecule has 0 spiro atoms. The number of fused-ring (bicyclic) bond motifs is 1. The molecule has 0 radical (unpaired) electrons. The largest absolute Gasteiger partial charge is 0.490 e. The molecular weight excluding hydrogens is 468 g/mol. The lowest BCUT2D eigenvalue weighted by Crippen LogP contribution is -2.37. The van der Waals surface area contributed by atoms with Crippen molar-refractivity contribution in [3.05, 3.63) is 83.9 Å². The zero-order valence-electron chi connectivity index (χ0n) is 21.4. The summed E-state index contributed by atoms with van der Waals surface area (Å²) in [4.78, 5) is 35.0. The smallest absolute Gasteiger partial charge is 0.266 e. The van der Waals surface area contributed by atoms with Gasteiger partial charge in [-0.05, 0) is 67.3 Å². The van der Waals surface area contributed by atoms with Gasteiger partial charge in [-0.15, -0.1) is 0 Å². The maximum atomic E-state index is 13.9. The second-order valence-corrected chi connectivity index (χ2v) is 9.18.